The highest BCUT2D eigenvalue weighted by Gasteiger charge is 2.20. The fourth-order valence-electron chi connectivity index (χ4n) is 3.17. The van der Waals surface area contributed by atoms with E-state index in [1.54, 1.807) is 43.5 Å². The molecule has 1 aromatic heterocycles. The van der Waals surface area contributed by atoms with Crippen LogP contribution in [0.4, 0.5) is 5.69 Å². The van der Waals surface area contributed by atoms with Gasteiger partial charge in [0.25, 0.3) is 5.91 Å². The number of anilines is 1. The molecule has 0 spiro atoms. The van der Waals surface area contributed by atoms with Crippen LogP contribution in [-0.2, 0) is 11.3 Å². The number of carbonyl (C=O) groups is 2. The SMILES string of the molecule is CCn1c(SCC(=O)Nc2cccc(Cl)c2C)nnc1[C@H](C)NC(=O)c1ccc(OC)cc1. The lowest BCUT2D eigenvalue weighted by molar-refractivity contribution is -0.113. The van der Waals surface area contributed by atoms with Crippen molar-refractivity contribution >= 4 is 40.9 Å². The van der Waals surface area contributed by atoms with Crippen molar-refractivity contribution in [3.05, 3.63) is 64.4 Å². The minimum Gasteiger partial charge on any atom is -0.497 e. The maximum absolute atomic E-state index is 12.6. The summed E-state index contributed by atoms with van der Waals surface area (Å²) in [5, 5.41) is 15.5. The van der Waals surface area contributed by atoms with E-state index in [1.165, 1.54) is 11.8 Å². The molecule has 2 aromatic carbocycles. The predicted octanol–water partition coefficient (Wildman–Crippen LogP) is 4.49. The highest BCUT2D eigenvalue weighted by atomic mass is 35.5. The summed E-state index contributed by atoms with van der Waals surface area (Å²) in [6.07, 6.45) is 0. The molecule has 0 saturated heterocycles. The fraction of sp³-hybridized carbons (Fsp3) is 0.304. The van der Waals surface area contributed by atoms with Crippen LogP contribution in [0.2, 0.25) is 5.02 Å². The molecule has 10 heteroatoms. The number of hydrogen-bond donors (Lipinski definition) is 2. The zero-order chi connectivity index (χ0) is 24.0. The Bertz CT molecular complexity index is 1130. The molecular formula is C23H26ClN5O3S. The van der Waals surface area contributed by atoms with E-state index < -0.39 is 0 Å². The summed E-state index contributed by atoms with van der Waals surface area (Å²) >= 11 is 7.40. The first kappa shape index (κ1) is 24.6. The molecule has 3 rings (SSSR count). The Hall–Kier alpha value is -3.04. The number of ether oxygens (including phenoxy) is 1. The van der Waals surface area contributed by atoms with Gasteiger partial charge in [-0.15, -0.1) is 10.2 Å². The second-order valence-corrected chi connectivity index (χ2v) is 8.61. The lowest BCUT2D eigenvalue weighted by Crippen LogP contribution is -2.28. The summed E-state index contributed by atoms with van der Waals surface area (Å²) in [6.45, 7) is 6.26. The summed E-state index contributed by atoms with van der Waals surface area (Å²) in [4.78, 5) is 25.0. The number of nitrogens with one attached hydrogen (secondary N) is 2. The van der Waals surface area contributed by atoms with Crippen molar-refractivity contribution in [3.8, 4) is 5.75 Å². The smallest absolute Gasteiger partial charge is 0.251 e. The van der Waals surface area contributed by atoms with Crippen LogP contribution < -0.4 is 15.4 Å². The maximum Gasteiger partial charge on any atom is 0.251 e. The molecule has 0 aliphatic heterocycles. The number of hydrogen-bond acceptors (Lipinski definition) is 6. The molecule has 0 unspecified atom stereocenters. The monoisotopic (exact) mass is 487 g/mol. The van der Waals surface area contributed by atoms with Gasteiger partial charge in [-0.2, -0.15) is 0 Å². The number of thioether (sulfide) groups is 1. The van der Waals surface area contributed by atoms with E-state index in [0.29, 0.717) is 39.5 Å². The van der Waals surface area contributed by atoms with Gasteiger partial charge in [-0.05, 0) is 62.7 Å². The molecule has 0 saturated carbocycles. The number of amides is 2. The molecule has 0 aliphatic rings. The molecule has 2 N–H and O–H groups in total. The number of benzene rings is 2. The van der Waals surface area contributed by atoms with Crippen molar-refractivity contribution in [2.75, 3.05) is 18.2 Å². The molecule has 1 atom stereocenters. The summed E-state index contributed by atoms with van der Waals surface area (Å²) < 4.78 is 7.02. The highest BCUT2D eigenvalue weighted by molar-refractivity contribution is 7.99. The first-order valence-corrected chi connectivity index (χ1v) is 11.8. The number of methoxy groups -OCH3 is 1. The average molecular weight is 488 g/mol. The molecule has 3 aromatic rings. The van der Waals surface area contributed by atoms with Crippen LogP contribution in [0.1, 0.15) is 41.6 Å². The first-order valence-electron chi connectivity index (χ1n) is 10.4. The lowest BCUT2D eigenvalue weighted by atomic mass is 10.2. The summed E-state index contributed by atoms with van der Waals surface area (Å²) in [7, 11) is 1.58. The van der Waals surface area contributed by atoms with Crippen LogP contribution in [0.5, 0.6) is 5.75 Å². The van der Waals surface area contributed by atoms with Crippen molar-refractivity contribution in [3.63, 3.8) is 0 Å². The van der Waals surface area contributed by atoms with E-state index >= 15 is 0 Å². The zero-order valence-electron chi connectivity index (χ0n) is 18.9. The fourth-order valence-corrected chi connectivity index (χ4v) is 4.15. The van der Waals surface area contributed by atoms with E-state index in [1.807, 2.05) is 31.4 Å². The Balaban J connectivity index is 1.63. The summed E-state index contributed by atoms with van der Waals surface area (Å²) in [5.41, 5.74) is 2.02. The van der Waals surface area contributed by atoms with Gasteiger partial charge in [-0.1, -0.05) is 29.4 Å². The van der Waals surface area contributed by atoms with Crippen molar-refractivity contribution < 1.29 is 14.3 Å². The minimum atomic E-state index is -0.371. The van der Waals surface area contributed by atoms with Crippen LogP contribution in [0.3, 0.4) is 0 Å². The molecule has 174 valence electrons. The lowest BCUT2D eigenvalue weighted by Gasteiger charge is -2.15. The topological polar surface area (TPSA) is 98.1 Å². The quantitative estimate of drug-likeness (QED) is 0.431. The van der Waals surface area contributed by atoms with Crippen LogP contribution in [-0.4, -0.2) is 39.4 Å². The van der Waals surface area contributed by atoms with Gasteiger partial charge in [0, 0.05) is 22.8 Å². The molecule has 8 nitrogen and oxygen atoms in total. The van der Waals surface area contributed by atoms with Gasteiger partial charge in [0.2, 0.25) is 5.91 Å². The molecule has 0 fully saturated rings. The predicted molar refractivity (Wildman–Crippen MR) is 130 cm³/mol. The second kappa shape index (κ2) is 11.2. The number of aromatic nitrogens is 3. The standard InChI is InChI=1S/C23H26ClN5O3S/c1-5-29-21(15(3)25-22(31)16-9-11-17(32-4)12-10-16)27-28-23(29)33-13-20(30)26-19-8-6-7-18(24)14(19)2/h6-12,15H,5,13H2,1-4H3,(H,25,31)(H,26,30)/t15-/m0/s1. The third kappa shape index (κ3) is 6.06. The number of nitrogens with zero attached hydrogens (tertiary/aromatic N) is 3. The second-order valence-electron chi connectivity index (χ2n) is 7.26. The van der Waals surface area contributed by atoms with Gasteiger partial charge in [-0.25, -0.2) is 0 Å². The molecule has 1 heterocycles. The van der Waals surface area contributed by atoms with Gasteiger partial charge >= 0.3 is 0 Å². The van der Waals surface area contributed by atoms with Gasteiger partial charge in [-0.3, -0.25) is 9.59 Å². The van der Waals surface area contributed by atoms with Crippen molar-refractivity contribution in [1.82, 2.24) is 20.1 Å². The third-order valence-corrected chi connectivity index (χ3v) is 6.40. The number of halogens is 1. The molecule has 0 aliphatic carbocycles. The van der Waals surface area contributed by atoms with E-state index in [0.717, 1.165) is 5.56 Å². The van der Waals surface area contributed by atoms with Crippen LogP contribution in [0.15, 0.2) is 47.6 Å². The van der Waals surface area contributed by atoms with Crippen molar-refractivity contribution in [2.45, 2.75) is 38.5 Å². The van der Waals surface area contributed by atoms with E-state index in [4.69, 9.17) is 16.3 Å². The van der Waals surface area contributed by atoms with Crippen molar-refractivity contribution in [1.29, 1.82) is 0 Å². The zero-order valence-corrected chi connectivity index (χ0v) is 20.5. The Labute approximate surface area is 202 Å². The Morgan fingerprint density at radius 1 is 1.18 bits per heavy atom. The maximum atomic E-state index is 12.6. The minimum absolute atomic E-state index is 0.163. The van der Waals surface area contributed by atoms with E-state index in [2.05, 4.69) is 20.8 Å². The normalized spacial score (nSPS) is 11.7. The van der Waals surface area contributed by atoms with Crippen LogP contribution >= 0.6 is 23.4 Å². The summed E-state index contributed by atoms with van der Waals surface area (Å²) in [6, 6.07) is 11.9. The Kier molecular flexibility index (Phi) is 8.35. The van der Waals surface area contributed by atoms with Crippen LogP contribution in [0.25, 0.3) is 0 Å². The molecule has 2 amide bonds. The molecule has 33 heavy (non-hydrogen) atoms. The molecule has 0 radical (unpaired) electrons. The molecule has 0 bridgehead atoms. The number of carbonyl (C=O) groups excluding carboxylic acids is 2. The largest absolute Gasteiger partial charge is 0.497 e. The Morgan fingerprint density at radius 3 is 2.58 bits per heavy atom. The van der Waals surface area contributed by atoms with Crippen molar-refractivity contribution in [2.24, 2.45) is 0 Å². The van der Waals surface area contributed by atoms with E-state index in [9.17, 15) is 9.59 Å². The number of rotatable bonds is 9. The van der Waals surface area contributed by atoms with E-state index in [-0.39, 0.29) is 23.6 Å². The van der Waals surface area contributed by atoms with Gasteiger partial charge in [0.1, 0.15) is 5.75 Å². The Morgan fingerprint density at radius 2 is 1.91 bits per heavy atom. The van der Waals surface area contributed by atoms with Crippen LogP contribution in [0, 0.1) is 6.92 Å². The average Bonchev–Trinajstić information content (AvgIpc) is 3.24. The summed E-state index contributed by atoms with van der Waals surface area (Å²) in [5.74, 6) is 1.07. The molecular weight excluding hydrogens is 462 g/mol. The van der Waals surface area contributed by atoms with Gasteiger partial charge < -0.3 is 19.9 Å². The highest BCUT2D eigenvalue weighted by Crippen LogP contribution is 2.24. The van der Waals surface area contributed by atoms with Gasteiger partial charge in [0.15, 0.2) is 11.0 Å². The third-order valence-electron chi connectivity index (χ3n) is 5.02. The first-order chi connectivity index (χ1) is 15.8. The van der Waals surface area contributed by atoms with Gasteiger partial charge in [0.05, 0.1) is 18.9 Å².